The molecule has 0 bridgehead atoms. The average Bonchev–Trinajstić information content (AvgIpc) is 2.48. The van der Waals surface area contributed by atoms with E-state index in [4.69, 9.17) is 5.73 Å². The summed E-state index contributed by atoms with van der Waals surface area (Å²) >= 11 is 0. The number of primary amides is 1. The minimum atomic E-state index is -1.23. The maximum atomic E-state index is 12.2. The highest BCUT2D eigenvalue weighted by Crippen LogP contribution is 2.27. The average molecular weight is 304 g/mol. The van der Waals surface area contributed by atoms with Gasteiger partial charge < -0.3 is 16.2 Å². The molecule has 0 radical (unpaired) electrons. The Kier molecular flexibility index (Phi) is 5.19. The number of aliphatic hydroxyl groups is 1. The Morgan fingerprint density at radius 2 is 1.91 bits per heavy atom. The summed E-state index contributed by atoms with van der Waals surface area (Å²) < 4.78 is 0. The van der Waals surface area contributed by atoms with Crippen molar-refractivity contribution in [2.24, 2.45) is 11.7 Å². The van der Waals surface area contributed by atoms with Gasteiger partial charge in [0.05, 0.1) is 17.9 Å². The van der Waals surface area contributed by atoms with E-state index in [1.54, 1.807) is 19.1 Å². The predicted molar refractivity (Wildman–Crippen MR) is 83.7 cm³/mol. The first-order valence-electron chi connectivity index (χ1n) is 7.77. The lowest BCUT2D eigenvalue weighted by Crippen LogP contribution is -2.48. The van der Waals surface area contributed by atoms with Crippen LogP contribution in [0.3, 0.4) is 0 Å². The summed E-state index contributed by atoms with van der Waals surface area (Å²) in [4.78, 5) is 23.7. The van der Waals surface area contributed by atoms with Crippen LogP contribution in [-0.2, 0) is 15.2 Å². The SMILES string of the molecule is CC(O)(CC(=O)NC1CCCCC1C(N)=O)c1ccccc1. The smallest absolute Gasteiger partial charge is 0.223 e. The second kappa shape index (κ2) is 6.92. The lowest BCUT2D eigenvalue weighted by molar-refractivity contribution is -0.128. The van der Waals surface area contributed by atoms with Crippen molar-refractivity contribution < 1.29 is 14.7 Å². The Hall–Kier alpha value is -1.88. The first-order valence-corrected chi connectivity index (χ1v) is 7.77. The van der Waals surface area contributed by atoms with Crippen LogP contribution in [0.4, 0.5) is 0 Å². The number of hydrogen-bond donors (Lipinski definition) is 3. The maximum Gasteiger partial charge on any atom is 0.223 e. The highest BCUT2D eigenvalue weighted by molar-refractivity contribution is 5.81. The molecule has 1 aromatic carbocycles. The minimum absolute atomic E-state index is 0.0427. The Morgan fingerprint density at radius 3 is 2.55 bits per heavy atom. The van der Waals surface area contributed by atoms with Gasteiger partial charge in [-0.15, -0.1) is 0 Å². The molecule has 22 heavy (non-hydrogen) atoms. The molecule has 3 atom stereocenters. The van der Waals surface area contributed by atoms with Gasteiger partial charge in [0.2, 0.25) is 11.8 Å². The van der Waals surface area contributed by atoms with E-state index in [0.717, 1.165) is 25.7 Å². The first kappa shape index (κ1) is 16.5. The van der Waals surface area contributed by atoms with Crippen LogP contribution in [0.1, 0.15) is 44.6 Å². The molecule has 2 rings (SSSR count). The second-order valence-corrected chi connectivity index (χ2v) is 6.28. The third kappa shape index (κ3) is 4.07. The zero-order chi connectivity index (χ0) is 16.2. The Balaban J connectivity index is 1.98. The van der Waals surface area contributed by atoms with Gasteiger partial charge in [-0.2, -0.15) is 0 Å². The summed E-state index contributed by atoms with van der Waals surface area (Å²) in [5.74, 6) is -0.925. The van der Waals surface area contributed by atoms with Gasteiger partial charge in [0, 0.05) is 6.04 Å². The fraction of sp³-hybridized carbons (Fsp3) is 0.529. The van der Waals surface area contributed by atoms with Gasteiger partial charge in [-0.1, -0.05) is 43.2 Å². The summed E-state index contributed by atoms with van der Waals surface area (Å²) in [6, 6.07) is 8.88. The number of hydrogen-bond acceptors (Lipinski definition) is 3. The fourth-order valence-electron chi connectivity index (χ4n) is 3.11. The summed E-state index contributed by atoms with van der Waals surface area (Å²) in [5, 5.41) is 13.4. The number of nitrogens with one attached hydrogen (secondary N) is 1. The number of rotatable bonds is 5. The van der Waals surface area contributed by atoms with Crippen LogP contribution in [0.2, 0.25) is 0 Å². The van der Waals surface area contributed by atoms with E-state index >= 15 is 0 Å². The second-order valence-electron chi connectivity index (χ2n) is 6.28. The van der Waals surface area contributed by atoms with E-state index in [0.29, 0.717) is 5.56 Å². The molecule has 5 nitrogen and oxygen atoms in total. The van der Waals surface area contributed by atoms with Crippen molar-refractivity contribution in [2.45, 2.75) is 50.7 Å². The van der Waals surface area contributed by atoms with Crippen molar-refractivity contribution in [1.82, 2.24) is 5.32 Å². The van der Waals surface area contributed by atoms with Gasteiger partial charge in [0.15, 0.2) is 0 Å². The van der Waals surface area contributed by atoms with Crippen LogP contribution >= 0.6 is 0 Å². The largest absolute Gasteiger partial charge is 0.385 e. The molecule has 1 aromatic rings. The van der Waals surface area contributed by atoms with Crippen LogP contribution in [0.25, 0.3) is 0 Å². The topological polar surface area (TPSA) is 92.4 Å². The van der Waals surface area contributed by atoms with E-state index in [1.807, 2.05) is 18.2 Å². The standard InChI is InChI=1S/C17H24N2O3/c1-17(22,12-7-3-2-4-8-12)11-15(20)19-14-10-6-5-9-13(14)16(18)21/h2-4,7-8,13-14,22H,5-6,9-11H2,1H3,(H2,18,21)(H,19,20). The predicted octanol–water partition coefficient (Wildman–Crippen LogP) is 1.44. The van der Waals surface area contributed by atoms with Crippen molar-refractivity contribution >= 4 is 11.8 Å². The molecule has 0 spiro atoms. The maximum absolute atomic E-state index is 12.2. The molecular formula is C17H24N2O3. The van der Waals surface area contributed by atoms with Crippen molar-refractivity contribution in [2.75, 3.05) is 0 Å². The number of carbonyl (C=O) groups excluding carboxylic acids is 2. The van der Waals surface area contributed by atoms with Crippen molar-refractivity contribution in [3.8, 4) is 0 Å². The van der Waals surface area contributed by atoms with Gasteiger partial charge in [-0.05, 0) is 25.3 Å². The molecule has 1 aliphatic rings. The quantitative estimate of drug-likeness (QED) is 0.768. The van der Waals surface area contributed by atoms with E-state index in [9.17, 15) is 14.7 Å². The fourth-order valence-corrected chi connectivity index (χ4v) is 3.11. The van der Waals surface area contributed by atoms with Gasteiger partial charge in [-0.25, -0.2) is 0 Å². The molecule has 1 saturated carbocycles. The molecule has 0 saturated heterocycles. The third-order valence-electron chi connectivity index (χ3n) is 4.38. The Morgan fingerprint density at radius 1 is 1.27 bits per heavy atom. The van der Waals surface area contributed by atoms with Gasteiger partial charge >= 0.3 is 0 Å². The highest BCUT2D eigenvalue weighted by Gasteiger charge is 2.33. The summed E-state index contributed by atoms with van der Waals surface area (Å²) in [6.45, 7) is 1.62. The van der Waals surface area contributed by atoms with Crippen LogP contribution in [0, 0.1) is 5.92 Å². The number of benzene rings is 1. The van der Waals surface area contributed by atoms with Crippen molar-refractivity contribution in [1.29, 1.82) is 0 Å². The normalized spacial score (nSPS) is 24.3. The molecule has 0 aliphatic heterocycles. The van der Waals surface area contributed by atoms with E-state index in [1.165, 1.54) is 0 Å². The minimum Gasteiger partial charge on any atom is -0.385 e. The summed E-state index contributed by atoms with van der Waals surface area (Å²) in [5.41, 5.74) is 4.87. The molecule has 0 heterocycles. The van der Waals surface area contributed by atoms with E-state index in [2.05, 4.69) is 5.32 Å². The van der Waals surface area contributed by atoms with Crippen LogP contribution in [0.5, 0.6) is 0 Å². The van der Waals surface area contributed by atoms with Crippen LogP contribution < -0.4 is 11.1 Å². The Bertz CT molecular complexity index is 528. The molecule has 1 fully saturated rings. The van der Waals surface area contributed by atoms with E-state index in [-0.39, 0.29) is 30.2 Å². The molecular weight excluding hydrogens is 280 g/mol. The number of carbonyl (C=O) groups is 2. The zero-order valence-corrected chi connectivity index (χ0v) is 12.9. The highest BCUT2D eigenvalue weighted by atomic mass is 16.3. The third-order valence-corrected chi connectivity index (χ3v) is 4.38. The lowest BCUT2D eigenvalue weighted by Gasteiger charge is -2.31. The molecule has 3 unspecified atom stereocenters. The van der Waals surface area contributed by atoms with Gasteiger partial charge in [0.25, 0.3) is 0 Å². The monoisotopic (exact) mass is 304 g/mol. The molecule has 1 aliphatic carbocycles. The molecule has 120 valence electrons. The lowest BCUT2D eigenvalue weighted by atomic mass is 9.83. The summed E-state index contributed by atoms with van der Waals surface area (Å²) in [6.07, 6.45) is 3.37. The van der Waals surface area contributed by atoms with Crippen LogP contribution in [-0.4, -0.2) is 23.0 Å². The number of amides is 2. The molecule has 4 N–H and O–H groups in total. The van der Waals surface area contributed by atoms with Crippen molar-refractivity contribution in [3.63, 3.8) is 0 Å². The van der Waals surface area contributed by atoms with Crippen molar-refractivity contribution in [3.05, 3.63) is 35.9 Å². The van der Waals surface area contributed by atoms with Gasteiger partial charge in [-0.3, -0.25) is 9.59 Å². The first-order chi connectivity index (χ1) is 10.4. The van der Waals surface area contributed by atoms with Crippen LogP contribution in [0.15, 0.2) is 30.3 Å². The summed E-state index contributed by atoms with van der Waals surface area (Å²) in [7, 11) is 0. The Labute approximate surface area is 130 Å². The molecule has 5 heteroatoms. The molecule has 2 amide bonds. The number of nitrogens with two attached hydrogens (primary N) is 1. The zero-order valence-electron chi connectivity index (χ0n) is 12.9. The molecule has 0 aromatic heterocycles. The van der Waals surface area contributed by atoms with E-state index < -0.39 is 5.60 Å². The van der Waals surface area contributed by atoms with Gasteiger partial charge in [0.1, 0.15) is 0 Å².